The van der Waals surface area contributed by atoms with Crippen LogP contribution in [0.1, 0.15) is 24.6 Å². The number of hydrazine groups is 1. The maximum absolute atomic E-state index is 3.51. The lowest BCUT2D eigenvalue weighted by molar-refractivity contribution is 0.0917. The van der Waals surface area contributed by atoms with Crippen LogP contribution in [0.15, 0.2) is 30.3 Å². The molecule has 0 amide bonds. The molecule has 3 rings (SSSR count). The molecule has 17 heavy (non-hydrogen) atoms. The van der Waals surface area contributed by atoms with E-state index in [2.05, 4.69) is 51.4 Å². The molecule has 2 saturated heterocycles. The Hall–Kier alpha value is -0.940. The number of piperidine rings is 1. The molecule has 2 aliphatic rings. The van der Waals surface area contributed by atoms with Gasteiger partial charge < -0.3 is 5.32 Å². The monoisotopic (exact) mass is 232 g/mol. The van der Waals surface area contributed by atoms with Gasteiger partial charge in [-0.1, -0.05) is 30.3 Å². The lowest BCUT2D eigenvalue weighted by Crippen LogP contribution is -2.47. The van der Waals surface area contributed by atoms with E-state index in [1.54, 1.807) is 0 Å². The van der Waals surface area contributed by atoms with Gasteiger partial charge in [-0.3, -0.25) is 5.32 Å². The van der Waals surface area contributed by atoms with Crippen LogP contribution in [0, 0.1) is 0 Å². The van der Waals surface area contributed by atoms with E-state index >= 15 is 0 Å². The second kappa shape index (κ2) is 5.14. The summed E-state index contributed by atoms with van der Waals surface area (Å²) in [6, 6.07) is 11.3. The van der Waals surface area contributed by atoms with Crippen molar-refractivity contribution in [3.63, 3.8) is 0 Å². The van der Waals surface area contributed by atoms with Crippen LogP contribution in [-0.4, -0.2) is 30.8 Å². The molecule has 1 atom stereocenters. The standard InChI is InChI=1S/C13H20N4/c1-2-4-11(5-3-1)13-15-10-16-17(13)12-6-8-14-9-7-12/h1-5,12-16H,6-10H2. The molecule has 4 nitrogen and oxygen atoms in total. The number of nitrogens with one attached hydrogen (secondary N) is 3. The summed E-state index contributed by atoms with van der Waals surface area (Å²) in [6.45, 7) is 3.12. The second-order valence-electron chi connectivity index (χ2n) is 4.74. The summed E-state index contributed by atoms with van der Waals surface area (Å²) in [5, 5.41) is 9.33. The zero-order valence-electron chi connectivity index (χ0n) is 10.0. The SMILES string of the molecule is c1ccc(C2NCNN2C2CCNCC2)cc1. The van der Waals surface area contributed by atoms with Crippen molar-refractivity contribution in [3.05, 3.63) is 35.9 Å². The van der Waals surface area contributed by atoms with Gasteiger partial charge in [0.1, 0.15) is 6.17 Å². The molecule has 1 aromatic carbocycles. The van der Waals surface area contributed by atoms with E-state index in [1.807, 2.05) is 0 Å². The van der Waals surface area contributed by atoms with Gasteiger partial charge in [-0.05, 0) is 31.5 Å². The van der Waals surface area contributed by atoms with Gasteiger partial charge in [0.05, 0.1) is 6.67 Å². The van der Waals surface area contributed by atoms with Crippen LogP contribution < -0.4 is 16.1 Å². The van der Waals surface area contributed by atoms with Crippen LogP contribution in [0.2, 0.25) is 0 Å². The molecule has 1 unspecified atom stereocenters. The van der Waals surface area contributed by atoms with Crippen LogP contribution in [0.5, 0.6) is 0 Å². The van der Waals surface area contributed by atoms with E-state index < -0.39 is 0 Å². The van der Waals surface area contributed by atoms with Crippen molar-refractivity contribution < 1.29 is 0 Å². The summed E-state index contributed by atoms with van der Waals surface area (Å²) in [4.78, 5) is 0. The molecule has 0 bridgehead atoms. The Bertz CT molecular complexity index is 348. The van der Waals surface area contributed by atoms with E-state index in [-0.39, 0.29) is 0 Å². The summed E-state index contributed by atoms with van der Waals surface area (Å²) in [6.07, 6.45) is 2.76. The Morgan fingerprint density at radius 2 is 1.82 bits per heavy atom. The topological polar surface area (TPSA) is 39.3 Å². The third kappa shape index (κ3) is 2.35. The number of rotatable bonds is 2. The molecule has 0 saturated carbocycles. The van der Waals surface area contributed by atoms with Gasteiger partial charge in [0.15, 0.2) is 0 Å². The zero-order chi connectivity index (χ0) is 11.5. The van der Waals surface area contributed by atoms with Crippen LogP contribution in [0.4, 0.5) is 0 Å². The lowest BCUT2D eigenvalue weighted by atomic mass is 10.0. The molecule has 0 aliphatic carbocycles. The van der Waals surface area contributed by atoms with Crippen LogP contribution in [0.3, 0.4) is 0 Å². The van der Waals surface area contributed by atoms with E-state index in [1.165, 1.54) is 18.4 Å². The number of hydrogen-bond donors (Lipinski definition) is 3. The minimum atomic E-state index is 0.319. The fraction of sp³-hybridized carbons (Fsp3) is 0.538. The van der Waals surface area contributed by atoms with E-state index in [0.717, 1.165) is 19.8 Å². The van der Waals surface area contributed by atoms with E-state index in [4.69, 9.17) is 0 Å². The largest absolute Gasteiger partial charge is 0.317 e. The molecule has 3 N–H and O–H groups in total. The van der Waals surface area contributed by atoms with Crippen molar-refractivity contribution in [2.75, 3.05) is 19.8 Å². The van der Waals surface area contributed by atoms with E-state index in [9.17, 15) is 0 Å². The number of benzene rings is 1. The van der Waals surface area contributed by atoms with Crippen LogP contribution >= 0.6 is 0 Å². The van der Waals surface area contributed by atoms with Crippen molar-refractivity contribution in [3.8, 4) is 0 Å². The molecule has 0 aromatic heterocycles. The van der Waals surface area contributed by atoms with Gasteiger partial charge >= 0.3 is 0 Å². The van der Waals surface area contributed by atoms with Crippen LogP contribution in [-0.2, 0) is 0 Å². The molecular formula is C13H20N4. The highest BCUT2D eigenvalue weighted by molar-refractivity contribution is 5.19. The fourth-order valence-electron chi connectivity index (χ4n) is 2.76. The first-order valence-electron chi connectivity index (χ1n) is 6.46. The first-order chi connectivity index (χ1) is 8.45. The second-order valence-corrected chi connectivity index (χ2v) is 4.74. The highest BCUT2D eigenvalue weighted by Crippen LogP contribution is 2.24. The summed E-state index contributed by atoms with van der Waals surface area (Å²) in [7, 11) is 0. The molecular weight excluding hydrogens is 212 g/mol. The fourth-order valence-corrected chi connectivity index (χ4v) is 2.76. The molecule has 2 fully saturated rings. The predicted molar refractivity (Wildman–Crippen MR) is 68.1 cm³/mol. The normalized spacial score (nSPS) is 27.4. The third-order valence-electron chi connectivity index (χ3n) is 3.65. The maximum Gasteiger partial charge on any atom is 0.101 e. The van der Waals surface area contributed by atoms with Crippen molar-refractivity contribution in [1.82, 2.24) is 21.1 Å². The molecule has 4 heteroatoms. The molecule has 2 heterocycles. The average molecular weight is 232 g/mol. The summed E-state index contributed by atoms with van der Waals surface area (Å²) >= 11 is 0. The number of nitrogens with zero attached hydrogens (tertiary/aromatic N) is 1. The van der Waals surface area contributed by atoms with Crippen molar-refractivity contribution in [2.24, 2.45) is 0 Å². The van der Waals surface area contributed by atoms with Gasteiger partial charge in [-0.15, -0.1) is 0 Å². The Kier molecular flexibility index (Phi) is 3.38. The molecule has 92 valence electrons. The lowest BCUT2D eigenvalue weighted by Gasteiger charge is -2.34. The first kappa shape index (κ1) is 11.2. The minimum absolute atomic E-state index is 0.319. The summed E-state index contributed by atoms with van der Waals surface area (Å²) in [5.41, 5.74) is 4.81. The Balaban J connectivity index is 1.75. The van der Waals surface area contributed by atoms with Gasteiger partial charge in [0.2, 0.25) is 0 Å². The minimum Gasteiger partial charge on any atom is -0.317 e. The highest BCUT2D eigenvalue weighted by atomic mass is 15.6. The average Bonchev–Trinajstić information content (AvgIpc) is 2.90. The predicted octanol–water partition coefficient (Wildman–Crippen LogP) is 0.804. The first-order valence-corrected chi connectivity index (χ1v) is 6.46. The zero-order valence-corrected chi connectivity index (χ0v) is 10.0. The van der Waals surface area contributed by atoms with Gasteiger partial charge in [0, 0.05) is 6.04 Å². The van der Waals surface area contributed by atoms with Crippen molar-refractivity contribution in [2.45, 2.75) is 25.0 Å². The third-order valence-corrected chi connectivity index (χ3v) is 3.65. The molecule has 0 radical (unpaired) electrons. The summed E-state index contributed by atoms with van der Waals surface area (Å²) < 4.78 is 0. The highest BCUT2D eigenvalue weighted by Gasteiger charge is 2.31. The van der Waals surface area contributed by atoms with Gasteiger partial charge in [-0.2, -0.15) is 0 Å². The van der Waals surface area contributed by atoms with Crippen LogP contribution in [0.25, 0.3) is 0 Å². The Labute approximate surface area is 102 Å². The smallest absolute Gasteiger partial charge is 0.101 e. The molecule has 0 spiro atoms. The quantitative estimate of drug-likeness (QED) is 0.705. The molecule has 1 aromatic rings. The van der Waals surface area contributed by atoms with E-state index in [0.29, 0.717) is 12.2 Å². The van der Waals surface area contributed by atoms with Gasteiger partial charge in [0.25, 0.3) is 0 Å². The Morgan fingerprint density at radius 1 is 1.06 bits per heavy atom. The van der Waals surface area contributed by atoms with Crippen molar-refractivity contribution in [1.29, 1.82) is 0 Å². The van der Waals surface area contributed by atoms with Gasteiger partial charge in [-0.25, -0.2) is 10.4 Å². The summed E-state index contributed by atoms with van der Waals surface area (Å²) in [5.74, 6) is 0. The number of hydrogen-bond acceptors (Lipinski definition) is 4. The Morgan fingerprint density at radius 3 is 2.59 bits per heavy atom. The maximum atomic E-state index is 3.51. The van der Waals surface area contributed by atoms with Crippen molar-refractivity contribution >= 4 is 0 Å². The molecule has 2 aliphatic heterocycles.